The first-order valence-electron chi connectivity index (χ1n) is 6.29. The maximum atomic E-state index is 4.76. The monoisotopic (exact) mass is 243 g/mol. The minimum Gasteiger partial charge on any atom is -0.331 e. The lowest BCUT2D eigenvalue weighted by Gasteiger charge is -2.07. The quantitative estimate of drug-likeness (QED) is 0.898. The van der Waals surface area contributed by atoms with E-state index in [0.717, 1.165) is 18.1 Å². The summed E-state index contributed by atoms with van der Waals surface area (Å²) < 4.78 is 2.17. The van der Waals surface area contributed by atoms with Gasteiger partial charge in [0, 0.05) is 24.8 Å². The molecule has 2 rings (SSSR count). The van der Waals surface area contributed by atoms with E-state index in [1.165, 1.54) is 22.4 Å². The molecule has 0 radical (unpaired) electrons. The summed E-state index contributed by atoms with van der Waals surface area (Å²) in [4.78, 5) is 4.76. The number of benzene rings is 1. The van der Waals surface area contributed by atoms with Crippen LogP contribution in [-0.4, -0.2) is 16.6 Å². The number of nitrogens with zero attached hydrogens (tertiary/aromatic N) is 2. The Labute approximate surface area is 109 Å². The highest BCUT2D eigenvalue weighted by Crippen LogP contribution is 2.25. The summed E-state index contributed by atoms with van der Waals surface area (Å²) in [5, 5.41) is 3.16. The van der Waals surface area contributed by atoms with Gasteiger partial charge in [0.05, 0.1) is 5.69 Å². The Morgan fingerprint density at radius 3 is 2.56 bits per heavy atom. The van der Waals surface area contributed by atoms with Crippen LogP contribution in [0.25, 0.3) is 11.4 Å². The predicted octanol–water partition coefficient (Wildman–Crippen LogP) is 2.73. The Balaban J connectivity index is 2.53. The molecule has 1 heterocycles. The summed E-state index contributed by atoms with van der Waals surface area (Å²) >= 11 is 0. The number of imidazole rings is 1. The molecule has 3 heteroatoms. The number of hydrogen-bond donors (Lipinski definition) is 1. The fourth-order valence-corrected chi connectivity index (χ4v) is 2.28. The van der Waals surface area contributed by atoms with Crippen LogP contribution in [-0.2, 0) is 13.6 Å². The fourth-order valence-electron chi connectivity index (χ4n) is 2.28. The van der Waals surface area contributed by atoms with E-state index in [-0.39, 0.29) is 0 Å². The average Bonchev–Trinajstić information content (AvgIpc) is 2.58. The number of rotatable bonds is 3. The third kappa shape index (κ3) is 2.18. The molecule has 18 heavy (non-hydrogen) atoms. The van der Waals surface area contributed by atoms with Crippen LogP contribution in [0.15, 0.2) is 18.2 Å². The molecule has 1 N–H and O–H groups in total. The summed E-state index contributed by atoms with van der Waals surface area (Å²) in [6, 6.07) is 6.51. The van der Waals surface area contributed by atoms with Crippen LogP contribution in [0, 0.1) is 20.8 Å². The van der Waals surface area contributed by atoms with E-state index in [9.17, 15) is 0 Å². The number of aryl methyl sites for hydroxylation is 2. The van der Waals surface area contributed by atoms with Crippen LogP contribution in [0.4, 0.5) is 0 Å². The van der Waals surface area contributed by atoms with Crippen molar-refractivity contribution in [3.8, 4) is 11.4 Å². The zero-order chi connectivity index (χ0) is 13.3. The fraction of sp³-hybridized carbons (Fsp3) is 0.400. The SMILES string of the molecule is CNCc1nc(-c2ccc(C)cc2C)n(C)c1C. The van der Waals surface area contributed by atoms with E-state index in [1.807, 2.05) is 7.05 Å². The van der Waals surface area contributed by atoms with Crippen molar-refractivity contribution in [2.75, 3.05) is 7.05 Å². The first-order chi connectivity index (χ1) is 8.54. The lowest BCUT2D eigenvalue weighted by molar-refractivity contribution is 0.783. The lowest BCUT2D eigenvalue weighted by atomic mass is 10.1. The van der Waals surface area contributed by atoms with Crippen molar-refractivity contribution in [2.45, 2.75) is 27.3 Å². The van der Waals surface area contributed by atoms with Crippen LogP contribution >= 0.6 is 0 Å². The van der Waals surface area contributed by atoms with Gasteiger partial charge in [0.15, 0.2) is 0 Å². The first-order valence-corrected chi connectivity index (χ1v) is 6.29. The van der Waals surface area contributed by atoms with Crippen molar-refractivity contribution in [2.24, 2.45) is 7.05 Å². The van der Waals surface area contributed by atoms with E-state index in [0.29, 0.717) is 0 Å². The van der Waals surface area contributed by atoms with Crippen LogP contribution < -0.4 is 5.32 Å². The molecule has 0 bridgehead atoms. The third-order valence-electron chi connectivity index (χ3n) is 3.45. The second kappa shape index (κ2) is 4.94. The van der Waals surface area contributed by atoms with Crippen LogP contribution in [0.3, 0.4) is 0 Å². The molecule has 0 atom stereocenters. The molecule has 96 valence electrons. The third-order valence-corrected chi connectivity index (χ3v) is 3.45. The van der Waals surface area contributed by atoms with Crippen molar-refractivity contribution in [3.63, 3.8) is 0 Å². The van der Waals surface area contributed by atoms with Crippen molar-refractivity contribution in [1.29, 1.82) is 0 Å². The van der Waals surface area contributed by atoms with Gasteiger partial charge in [-0.05, 0) is 33.4 Å². The molecule has 3 nitrogen and oxygen atoms in total. The van der Waals surface area contributed by atoms with E-state index < -0.39 is 0 Å². The molecule has 1 aromatic heterocycles. The first kappa shape index (κ1) is 12.8. The van der Waals surface area contributed by atoms with Crippen molar-refractivity contribution in [1.82, 2.24) is 14.9 Å². The summed E-state index contributed by atoms with van der Waals surface area (Å²) in [6.45, 7) is 7.19. The topological polar surface area (TPSA) is 29.9 Å². The summed E-state index contributed by atoms with van der Waals surface area (Å²) in [7, 11) is 4.03. The number of hydrogen-bond acceptors (Lipinski definition) is 2. The van der Waals surface area contributed by atoms with Crippen molar-refractivity contribution >= 4 is 0 Å². The Kier molecular flexibility index (Phi) is 3.53. The van der Waals surface area contributed by atoms with Gasteiger partial charge in [-0.25, -0.2) is 4.98 Å². The molecule has 0 aliphatic carbocycles. The van der Waals surface area contributed by atoms with Gasteiger partial charge < -0.3 is 9.88 Å². The summed E-state index contributed by atoms with van der Waals surface area (Å²) in [6.07, 6.45) is 0. The molecule has 0 aliphatic heterocycles. The zero-order valence-corrected chi connectivity index (χ0v) is 11.8. The van der Waals surface area contributed by atoms with Crippen LogP contribution in [0.5, 0.6) is 0 Å². The second-order valence-corrected chi connectivity index (χ2v) is 4.88. The van der Waals surface area contributed by atoms with Gasteiger partial charge in [-0.15, -0.1) is 0 Å². The molecule has 0 fully saturated rings. The standard InChI is InChI=1S/C15H21N3/c1-10-6-7-13(11(2)8-10)15-17-14(9-16-4)12(3)18(15)5/h6-8,16H,9H2,1-5H3. The zero-order valence-electron chi connectivity index (χ0n) is 11.8. The molecule has 0 amide bonds. The van der Waals surface area contributed by atoms with Crippen molar-refractivity contribution < 1.29 is 0 Å². The Hall–Kier alpha value is -1.61. The van der Waals surface area contributed by atoms with Gasteiger partial charge in [-0.2, -0.15) is 0 Å². The lowest BCUT2D eigenvalue weighted by Crippen LogP contribution is -2.07. The highest BCUT2D eigenvalue weighted by atomic mass is 15.1. The minimum absolute atomic E-state index is 0.810. The van der Waals surface area contributed by atoms with E-state index in [2.05, 4.69) is 55.9 Å². The van der Waals surface area contributed by atoms with Gasteiger partial charge in [-0.1, -0.05) is 23.8 Å². The minimum atomic E-state index is 0.810. The molecule has 0 unspecified atom stereocenters. The maximum absolute atomic E-state index is 4.76. The summed E-state index contributed by atoms with van der Waals surface area (Å²) in [5.74, 6) is 1.05. The van der Waals surface area contributed by atoms with E-state index >= 15 is 0 Å². The van der Waals surface area contributed by atoms with Crippen LogP contribution in [0.1, 0.15) is 22.5 Å². The van der Waals surface area contributed by atoms with Gasteiger partial charge in [0.25, 0.3) is 0 Å². The molecule has 0 saturated heterocycles. The van der Waals surface area contributed by atoms with Crippen LogP contribution in [0.2, 0.25) is 0 Å². The number of aromatic nitrogens is 2. The highest BCUT2D eigenvalue weighted by molar-refractivity contribution is 5.62. The Morgan fingerprint density at radius 1 is 1.22 bits per heavy atom. The van der Waals surface area contributed by atoms with Gasteiger partial charge in [0.1, 0.15) is 5.82 Å². The van der Waals surface area contributed by atoms with Gasteiger partial charge in [-0.3, -0.25) is 0 Å². The molecule has 0 saturated carbocycles. The molecule has 2 aromatic rings. The maximum Gasteiger partial charge on any atom is 0.140 e. The largest absolute Gasteiger partial charge is 0.331 e. The average molecular weight is 243 g/mol. The normalized spacial score (nSPS) is 10.9. The second-order valence-electron chi connectivity index (χ2n) is 4.88. The Bertz CT molecular complexity index is 567. The van der Waals surface area contributed by atoms with Gasteiger partial charge in [0.2, 0.25) is 0 Å². The Morgan fingerprint density at radius 2 is 1.94 bits per heavy atom. The highest BCUT2D eigenvalue weighted by Gasteiger charge is 2.13. The number of nitrogens with one attached hydrogen (secondary N) is 1. The molecule has 0 spiro atoms. The van der Waals surface area contributed by atoms with E-state index in [4.69, 9.17) is 4.98 Å². The molecule has 0 aliphatic rings. The summed E-state index contributed by atoms with van der Waals surface area (Å²) in [5.41, 5.74) is 6.12. The van der Waals surface area contributed by atoms with E-state index in [1.54, 1.807) is 0 Å². The van der Waals surface area contributed by atoms with Gasteiger partial charge >= 0.3 is 0 Å². The smallest absolute Gasteiger partial charge is 0.140 e. The van der Waals surface area contributed by atoms with Crippen molar-refractivity contribution in [3.05, 3.63) is 40.7 Å². The molecular weight excluding hydrogens is 222 g/mol. The molecular formula is C15H21N3. The predicted molar refractivity (Wildman–Crippen MR) is 75.6 cm³/mol. The molecule has 1 aromatic carbocycles.